The van der Waals surface area contributed by atoms with E-state index in [1.54, 1.807) is 0 Å². The van der Waals surface area contributed by atoms with Crippen molar-refractivity contribution in [3.8, 4) is 0 Å². The van der Waals surface area contributed by atoms with Crippen molar-refractivity contribution < 1.29 is 0 Å². The minimum atomic E-state index is 0.632. The van der Waals surface area contributed by atoms with Gasteiger partial charge >= 0.3 is 0 Å². The summed E-state index contributed by atoms with van der Waals surface area (Å²) in [4.78, 5) is 2.52. The van der Waals surface area contributed by atoms with Crippen LogP contribution in [0.25, 0.3) is 0 Å². The molecule has 0 bridgehead atoms. The van der Waals surface area contributed by atoms with Crippen LogP contribution in [0.15, 0.2) is 0 Å². The quantitative estimate of drug-likeness (QED) is 0.703. The molecule has 1 aliphatic carbocycles. The number of rotatable bonds is 7. The lowest BCUT2D eigenvalue weighted by Gasteiger charge is -2.34. The highest BCUT2D eigenvalue weighted by Gasteiger charge is 2.34. The van der Waals surface area contributed by atoms with Gasteiger partial charge in [0.2, 0.25) is 0 Å². The molecular formula is C11H24N2S. The molecule has 0 heterocycles. The van der Waals surface area contributed by atoms with Gasteiger partial charge in [0.25, 0.3) is 0 Å². The zero-order valence-corrected chi connectivity index (χ0v) is 10.5. The molecule has 2 atom stereocenters. The molecular weight excluding hydrogens is 192 g/mol. The van der Waals surface area contributed by atoms with E-state index in [2.05, 4.69) is 25.1 Å². The number of thioether (sulfide) groups is 1. The van der Waals surface area contributed by atoms with Crippen LogP contribution in [0, 0.1) is 5.92 Å². The van der Waals surface area contributed by atoms with Crippen LogP contribution in [0.4, 0.5) is 0 Å². The molecule has 1 aliphatic rings. The SMILES string of the molecule is CCC(CSC)N(C)C(CN)C1CC1. The van der Waals surface area contributed by atoms with Gasteiger partial charge < -0.3 is 5.73 Å². The van der Waals surface area contributed by atoms with Crippen molar-refractivity contribution in [1.29, 1.82) is 0 Å². The largest absolute Gasteiger partial charge is 0.329 e. The molecule has 0 aromatic carbocycles. The molecule has 0 amide bonds. The highest BCUT2D eigenvalue weighted by molar-refractivity contribution is 7.98. The maximum atomic E-state index is 5.85. The van der Waals surface area contributed by atoms with Gasteiger partial charge in [-0.1, -0.05) is 6.92 Å². The monoisotopic (exact) mass is 216 g/mol. The first-order valence-corrected chi connectivity index (χ1v) is 7.04. The molecule has 0 radical (unpaired) electrons. The van der Waals surface area contributed by atoms with Crippen molar-refractivity contribution >= 4 is 11.8 Å². The molecule has 2 unspecified atom stereocenters. The summed E-state index contributed by atoms with van der Waals surface area (Å²) in [5.41, 5.74) is 5.85. The predicted molar refractivity (Wildman–Crippen MR) is 65.8 cm³/mol. The lowest BCUT2D eigenvalue weighted by molar-refractivity contribution is 0.168. The van der Waals surface area contributed by atoms with Crippen LogP contribution in [-0.4, -0.2) is 42.6 Å². The first-order valence-electron chi connectivity index (χ1n) is 5.65. The Morgan fingerprint density at radius 2 is 2.14 bits per heavy atom. The third-order valence-electron chi connectivity index (χ3n) is 3.34. The summed E-state index contributed by atoms with van der Waals surface area (Å²) in [7, 11) is 2.25. The molecule has 0 aliphatic heterocycles. The van der Waals surface area contributed by atoms with Crippen LogP contribution in [0.2, 0.25) is 0 Å². The molecule has 3 heteroatoms. The highest BCUT2D eigenvalue weighted by Crippen LogP contribution is 2.35. The second-order valence-electron chi connectivity index (χ2n) is 4.32. The van der Waals surface area contributed by atoms with Gasteiger partial charge in [0.15, 0.2) is 0 Å². The van der Waals surface area contributed by atoms with Crippen LogP contribution in [0.1, 0.15) is 26.2 Å². The summed E-state index contributed by atoms with van der Waals surface area (Å²) < 4.78 is 0. The van der Waals surface area contributed by atoms with Gasteiger partial charge in [-0.25, -0.2) is 0 Å². The molecule has 2 N–H and O–H groups in total. The summed E-state index contributed by atoms with van der Waals surface area (Å²) in [5.74, 6) is 2.12. The van der Waals surface area contributed by atoms with Crippen LogP contribution >= 0.6 is 11.8 Å². The fourth-order valence-corrected chi connectivity index (χ4v) is 3.01. The van der Waals surface area contributed by atoms with Crippen LogP contribution in [-0.2, 0) is 0 Å². The zero-order chi connectivity index (χ0) is 10.6. The molecule has 0 aromatic heterocycles. The van der Waals surface area contributed by atoms with Crippen LogP contribution in [0.5, 0.6) is 0 Å². The first kappa shape index (κ1) is 12.3. The van der Waals surface area contributed by atoms with Crippen molar-refractivity contribution in [2.24, 2.45) is 11.7 Å². The summed E-state index contributed by atoms with van der Waals surface area (Å²) in [5, 5.41) is 0. The van der Waals surface area contributed by atoms with E-state index >= 15 is 0 Å². The van der Waals surface area contributed by atoms with Gasteiger partial charge in [-0.2, -0.15) is 11.8 Å². The summed E-state index contributed by atoms with van der Waals surface area (Å²) >= 11 is 1.94. The zero-order valence-electron chi connectivity index (χ0n) is 9.70. The molecule has 1 fully saturated rings. The molecule has 14 heavy (non-hydrogen) atoms. The number of nitrogens with zero attached hydrogens (tertiary/aromatic N) is 1. The van der Waals surface area contributed by atoms with Crippen molar-refractivity contribution in [3.05, 3.63) is 0 Å². The maximum Gasteiger partial charge on any atom is 0.0246 e. The third-order valence-corrected chi connectivity index (χ3v) is 4.06. The van der Waals surface area contributed by atoms with E-state index in [1.165, 1.54) is 25.0 Å². The highest BCUT2D eigenvalue weighted by atomic mass is 32.2. The molecule has 0 aromatic rings. The van der Waals surface area contributed by atoms with Gasteiger partial charge in [-0.3, -0.25) is 4.90 Å². The van der Waals surface area contributed by atoms with Crippen molar-refractivity contribution in [2.45, 2.75) is 38.3 Å². The van der Waals surface area contributed by atoms with Crippen molar-refractivity contribution in [2.75, 3.05) is 25.6 Å². The fraction of sp³-hybridized carbons (Fsp3) is 1.00. The van der Waals surface area contributed by atoms with E-state index in [1.807, 2.05) is 11.8 Å². The van der Waals surface area contributed by atoms with Gasteiger partial charge in [-0.05, 0) is 38.5 Å². The smallest absolute Gasteiger partial charge is 0.0246 e. The number of likely N-dealkylation sites (N-methyl/N-ethyl adjacent to an activating group) is 1. The van der Waals surface area contributed by atoms with E-state index in [-0.39, 0.29) is 0 Å². The summed E-state index contributed by atoms with van der Waals surface area (Å²) in [6.45, 7) is 3.10. The number of hydrogen-bond donors (Lipinski definition) is 1. The lowest BCUT2D eigenvalue weighted by Crippen LogP contribution is -2.46. The molecule has 0 saturated heterocycles. The molecule has 2 nitrogen and oxygen atoms in total. The van der Waals surface area contributed by atoms with Crippen molar-refractivity contribution in [1.82, 2.24) is 4.90 Å². The minimum absolute atomic E-state index is 0.632. The Morgan fingerprint density at radius 1 is 1.50 bits per heavy atom. The lowest BCUT2D eigenvalue weighted by atomic mass is 10.1. The second kappa shape index (κ2) is 5.99. The van der Waals surface area contributed by atoms with E-state index in [0.29, 0.717) is 12.1 Å². The van der Waals surface area contributed by atoms with Crippen LogP contribution in [0.3, 0.4) is 0 Å². The van der Waals surface area contributed by atoms with Crippen LogP contribution < -0.4 is 5.73 Å². The Morgan fingerprint density at radius 3 is 2.50 bits per heavy atom. The summed E-state index contributed by atoms with van der Waals surface area (Å²) in [6.07, 6.45) is 6.20. The van der Waals surface area contributed by atoms with Gasteiger partial charge in [0.05, 0.1) is 0 Å². The number of hydrogen-bond acceptors (Lipinski definition) is 3. The maximum absolute atomic E-state index is 5.85. The average molecular weight is 216 g/mol. The molecule has 0 spiro atoms. The summed E-state index contributed by atoms with van der Waals surface area (Å²) in [6, 6.07) is 1.34. The minimum Gasteiger partial charge on any atom is -0.329 e. The first-order chi connectivity index (χ1) is 6.74. The Bertz CT molecular complexity index is 159. The Labute approximate surface area is 92.6 Å². The van der Waals surface area contributed by atoms with Gasteiger partial charge in [0, 0.05) is 24.4 Å². The second-order valence-corrected chi connectivity index (χ2v) is 5.23. The molecule has 84 valence electrons. The standard InChI is InChI=1S/C11H24N2S/c1-4-10(8-14-3)13(2)11(7-12)9-5-6-9/h9-11H,4-8,12H2,1-3H3. The van der Waals surface area contributed by atoms with Crippen molar-refractivity contribution in [3.63, 3.8) is 0 Å². The van der Waals surface area contributed by atoms with E-state index in [4.69, 9.17) is 5.73 Å². The average Bonchev–Trinajstić information content (AvgIpc) is 2.99. The van der Waals surface area contributed by atoms with Gasteiger partial charge in [-0.15, -0.1) is 0 Å². The fourth-order valence-electron chi connectivity index (χ4n) is 2.16. The Balaban J connectivity index is 2.45. The molecule has 1 rings (SSSR count). The normalized spacial score (nSPS) is 21.2. The Hall–Kier alpha value is 0.270. The topological polar surface area (TPSA) is 29.3 Å². The Kier molecular flexibility index (Phi) is 5.28. The predicted octanol–water partition coefficient (Wildman–Crippen LogP) is 1.80. The number of nitrogens with two attached hydrogens (primary N) is 1. The van der Waals surface area contributed by atoms with E-state index in [0.717, 1.165) is 12.5 Å². The molecule has 1 saturated carbocycles. The van der Waals surface area contributed by atoms with E-state index < -0.39 is 0 Å². The van der Waals surface area contributed by atoms with E-state index in [9.17, 15) is 0 Å². The third kappa shape index (κ3) is 3.14. The van der Waals surface area contributed by atoms with Gasteiger partial charge in [0.1, 0.15) is 0 Å².